The highest BCUT2D eigenvalue weighted by Crippen LogP contribution is 2.26. The van der Waals surface area contributed by atoms with Gasteiger partial charge in [0, 0.05) is 24.9 Å². The molecule has 0 aliphatic rings. The molecule has 0 N–H and O–H groups in total. The molecule has 1 atom stereocenters. The molecular formula is C24H25ClN2O2. The maximum absolute atomic E-state index is 13.4. The Labute approximate surface area is 177 Å². The summed E-state index contributed by atoms with van der Waals surface area (Å²) in [4.78, 5) is 19.3. The lowest BCUT2D eigenvalue weighted by Crippen LogP contribution is -2.44. The predicted octanol–water partition coefficient (Wildman–Crippen LogP) is 5.58. The van der Waals surface area contributed by atoms with Crippen LogP contribution in [0, 0.1) is 5.92 Å². The van der Waals surface area contributed by atoms with Crippen LogP contribution < -0.4 is 4.74 Å². The molecule has 4 nitrogen and oxygen atoms in total. The SMILES string of the molecule is CC(C)C(COc1ccc(Cl)cn1)N(C)C(=O)c1ccccc1-c1ccccc1. The van der Waals surface area contributed by atoms with E-state index in [9.17, 15) is 4.79 Å². The monoisotopic (exact) mass is 408 g/mol. The summed E-state index contributed by atoms with van der Waals surface area (Å²) in [5, 5.41) is 0.558. The largest absolute Gasteiger partial charge is 0.475 e. The Hall–Kier alpha value is -2.85. The Balaban J connectivity index is 1.81. The smallest absolute Gasteiger partial charge is 0.254 e. The van der Waals surface area contributed by atoms with Gasteiger partial charge in [0.05, 0.1) is 11.1 Å². The van der Waals surface area contributed by atoms with E-state index < -0.39 is 0 Å². The Morgan fingerprint density at radius 1 is 1.03 bits per heavy atom. The van der Waals surface area contributed by atoms with Crippen molar-refractivity contribution < 1.29 is 9.53 Å². The molecule has 0 spiro atoms. The van der Waals surface area contributed by atoms with E-state index in [1.807, 2.05) is 61.6 Å². The molecular weight excluding hydrogens is 384 g/mol. The number of nitrogens with zero attached hydrogens (tertiary/aromatic N) is 2. The minimum atomic E-state index is -0.108. The number of carbonyl (C=O) groups is 1. The van der Waals surface area contributed by atoms with Gasteiger partial charge in [0.15, 0.2) is 0 Å². The summed E-state index contributed by atoms with van der Waals surface area (Å²) in [6, 6.07) is 21.0. The Morgan fingerprint density at radius 3 is 2.38 bits per heavy atom. The van der Waals surface area contributed by atoms with Crippen molar-refractivity contribution in [2.45, 2.75) is 19.9 Å². The van der Waals surface area contributed by atoms with Gasteiger partial charge in [-0.2, -0.15) is 0 Å². The van der Waals surface area contributed by atoms with Gasteiger partial charge in [-0.1, -0.05) is 74.0 Å². The fourth-order valence-corrected chi connectivity index (χ4v) is 3.36. The first-order valence-corrected chi connectivity index (χ1v) is 10.0. The molecule has 0 bridgehead atoms. The zero-order valence-electron chi connectivity index (χ0n) is 16.9. The average molecular weight is 409 g/mol. The van der Waals surface area contributed by atoms with Crippen LogP contribution in [0.2, 0.25) is 5.02 Å². The van der Waals surface area contributed by atoms with Gasteiger partial charge in [-0.05, 0) is 29.2 Å². The quantitative estimate of drug-likeness (QED) is 0.512. The summed E-state index contributed by atoms with van der Waals surface area (Å²) in [7, 11) is 1.83. The first-order valence-electron chi connectivity index (χ1n) is 9.63. The lowest BCUT2D eigenvalue weighted by atomic mass is 9.97. The molecule has 29 heavy (non-hydrogen) atoms. The standard InChI is InChI=1S/C24H25ClN2O2/c1-17(2)22(16-29-23-14-13-19(25)15-26-23)27(3)24(28)21-12-8-7-11-20(21)18-9-5-4-6-10-18/h4-15,17,22H,16H2,1-3H3. The van der Waals surface area contributed by atoms with E-state index in [1.54, 1.807) is 23.2 Å². The molecule has 0 aliphatic heterocycles. The lowest BCUT2D eigenvalue weighted by Gasteiger charge is -2.31. The number of benzene rings is 2. The summed E-state index contributed by atoms with van der Waals surface area (Å²) >= 11 is 5.88. The number of carbonyl (C=O) groups excluding carboxylic acids is 1. The molecule has 1 aromatic heterocycles. The van der Waals surface area contributed by atoms with Crippen LogP contribution in [0.4, 0.5) is 0 Å². The molecule has 150 valence electrons. The van der Waals surface area contributed by atoms with Gasteiger partial charge < -0.3 is 9.64 Å². The first kappa shape index (κ1) is 20.9. The average Bonchev–Trinajstić information content (AvgIpc) is 2.75. The molecule has 0 saturated carbocycles. The molecule has 3 rings (SSSR count). The van der Waals surface area contributed by atoms with Gasteiger partial charge in [-0.25, -0.2) is 4.98 Å². The van der Waals surface area contributed by atoms with Crippen molar-refractivity contribution >= 4 is 17.5 Å². The number of pyridine rings is 1. The zero-order chi connectivity index (χ0) is 20.8. The molecule has 1 unspecified atom stereocenters. The predicted molar refractivity (Wildman–Crippen MR) is 117 cm³/mol. The van der Waals surface area contributed by atoms with Crippen molar-refractivity contribution in [2.75, 3.05) is 13.7 Å². The van der Waals surface area contributed by atoms with Gasteiger partial charge in [0.2, 0.25) is 5.88 Å². The molecule has 1 heterocycles. The minimum absolute atomic E-state index is 0.0316. The number of hydrogen-bond acceptors (Lipinski definition) is 3. The molecule has 0 aliphatic carbocycles. The van der Waals surface area contributed by atoms with Gasteiger partial charge in [-0.15, -0.1) is 0 Å². The van der Waals surface area contributed by atoms with E-state index in [2.05, 4.69) is 18.8 Å². The number of amides is 1. The molecule has 0 saturated heterocycles. The van der Waals surface area contributed by atoms with Crippen molar-refractivity contribution in [3.05, 3.63) is 83.5 Å². The normalized spacial score (nSPS) is 11.9. The van der Waals surface area contributed by atoms with Crippen molar-refractivity contribution in [1.29, 1.82) is 0 Å². The molecule has 3 aromatic rings. The third kappa shape index (κ3) is 5.15. The molecule has 0 radical (unpaired) electrons. The van der Waals surface area contributed by atoms with E-state index in [1.165, 1.54) is 0 Å². The van der Waals surface area contributed by atoms with Crippen LogP contribution >= 0.6 is 11.6 Å². The first-order chi connectivity index (χ1) is 14.0. The van der Waals surface area contributed by atoms with Gasteiger partial charge >= 0.3 is 0 Å². The summed E-state index contributed by atoms with van der Waals surface area (Å²) in [6.07, 6.45) is 1.55. The van der Waals surface area contributed by atoms with Crippen LogP contribution in [-0.4, -0.2) is 35.5 Å². The van der Waals surface area contributed by atoms with E-state index in [4.69, 9.17) is 16.3 Å². The maximum Gasteiger partial charge on any atom is 0.254 e. The number of aromatic nitrogens is 1. The molecule has 0 fully saturated rings. The summed E-state index contributed by atoms with van der Waals surface area (Å²) < 4.78 is 5.84. The summed E-state index contributed by atoms with van der Waals surface area (Å²) in [5.41, 5.74) is 2.62. The number of halogens is 1. The summed E-state index contributed by atoms with van der Waals surface area (Å²) in [6.45, 7) is 4.51. The van der Waals surface area contributed by atoms with Gasteiger partial charge in [-0.3, -0.25) is 4.79 Å². The molecule has 1 amide bonds. The Morgan fingerprint density at radius 2 is 1.72 bits per heavy atom. The second kappa shape index (κ2) is 9.57. The van der Waals surface area contributed by atoms with Crippen molar-refractivity contribution in [2.24, 2.45) is 5.92 Å². The third-order valence-corrected chi connectivity index (χ3v) is 5.16. The van der Waals surface area contributed by atoms with Crippen molar-refractivity contribution in [3.63, 3.8) is 0 Å². The van der Waals surface area contributed by atoms with Gasteiger partial charge in [0.1, 0.15) is 6.61 Å². The highest BCUT2D eigenvalue weighted by Gasteiger charge is 2.26. The second-order valence-corrected chi connectivity index (χ2v) is 7.70. The fraction of sp³-hybridized carbons (Fsp3) is 0.250. The second-order valence-electron chi connectivity index (χ2n) is 7.26. The maximum atomic E-state index is 13.4. The van der Waals surface area contributed by atoms with Gasteiger partial charge in [0.25, 0.3) is 5.91 Å². The van der Waals surface area contributed by atoms with E-state index >= 15 is 0 Å². The summed E-state index contributed by atoms with van der Waals surface area (Å²) in [5.74, 6) is 0.668. The number of ether oxygens (including phenoxy) is 1. The zero-order valence-corrected chi connectivity index (χ0v) is 17.6. The lowest BCUT2D eigenvalue weighted by molar-refractivity contribution is 0.0609. The van der Waals surface area contributed by atoms with Crippen molar-refractivity contribution in [1.82, 2.24) is 9.88 Å². The minimum Gasteiger partial charge on any atom is -0.475 e. The van der Waals surface area contributed by atoms with E-state index in [-0.39, 0.29) is 17.9 Å². The van der Waals surface area contributed by atoms with Crippen LogP contribution in [0.5, 0.6) is 5.88 Å². The topological polar surface area (TPSA) is 42.4 Å². The highest BCUT2D eigenvalue weighted by atomic mass is 35.5. The van der Waals surface area contributed by atoms with Crippen LogP contribution in [0.25, 0.3) is 11.1 Å². The molecule has 5 heteroatoms. The highest BCUT2D eigenvalue weighted by molar-refractivity contribution is 6.30. The number of rotatable bonds is 7. The molecule has 2 aromatic carbocycles. The van der Waals surface area contributed by atoms with Crippen LogP contribution in [0.15, 0.2) is 72.9 Å². The Bertz CT molecular complexity index is 943. The Kier molecular flexibility index (Phi) is 6.89. The van der Waals surface area contributed by atoms with Crippen LogP contribution in [0.1, 0.15) is 24.2 Å². The number of hydrogen-bond donors (Lipinski definition) is 0. The van der Waals surface area contributed by atoms with E-state index in [0.29, 0.717) is 23.1 Å². The van der Waals surface area contributed by atoms with Crippen LogP contribution in [-0.2, 0) is 0 Å². The fourth-order valence-electron chi connectivity index (χ4n) is 3.25. The third-order valence-electron chi connectivity index (χ3n) is 4.93. The van der Waals surface area contributed by atoms with Crippen molar-refractivity contribution in [3.8, 4) is 17.0 Å². The van der Waals surface area contributed by atoms with E-state index in [0.717, 1.165) is 11.1 Å². The number of likely N-dealkylation sites (N-methyl/N-ethyl adjacent to an activating group) is 1. The van der Waals surface area contributed by atoms with Crippen LogP contribution in [0.3, 0.4) is 0 Å².